The monoisotopic (exact) mass is 333 g/mol. The van der Waals surface area contributed by atoms with Crippen molar-refractivity contribution < 1.29 is 8.42 Å². The molecule has 1 fully saturated rings. The van der Waals surface area contributed by atoms with Crippen LogP contribution in [0.1, 0.15) is 24.9 Å². The molecule has 1 saturated heterocycles. The van der Waals surface area contributed by atoms with Crippen LogP contribution in [0.15, 0.2) is 36.5 Å². The minimum absolute atomic E-state index is 0.0765. The summed E-state index contributed by atoms with van der Waals surface area (Å²) in [5.41, 5.74) is 1.14. The molecule has 3 rings (SSSR count). The van der Waals surface area contributed by atoms with E-state index in [9.17, 15) is 8.42 Å². The second-order valence-electron chi connectivity index (χ2n) is 5.69. The van der Waals surface area contributed by atoms with Gasteiger partial charge in [0.25, 0.3) is 0 Å². The third-order valence-corrected chi connectivity index (χ3v) is 5.56. The average molecular weight is 333 g/mol. The Morgan fingerprint density at radius 3 is 2.74 bits per heavy atom. The maximum absolute atomic E-state index is 11.5. The number of hydrogen-bond acceptors (Lipinski definition) is 7. The molecule has 2 unspecified atom stereocenters. The van der Waals surface area contributed by atoms with Crippen molar-refractivity contribution in [3.8, 4) is 0 Å². The number of hydrogen-bond donors (Lipinski definition) is 2. The van der Waals surface area contributed by atoms with E-state index >= 15 is 0 Å². The molecule has 1 aliphatic rings. The number of nitrogens with zero attached hydrogens (tertiary/aromatic N) is 3. The first-order chi connectivity index (χ1) is 11.0. The van der Waals surface area contributed by atoms with Gasteiger partial charge in [-0.05, 0) is 18.9 Å². The Hall–Kier alpha value is -2.22. The third-order valence-electron chi connectivity index (χ3n) is 3.79. The second kappa shape index (κ2) is 6.49. The predicted octanol–water partition coefficient (Wildman–Crippen LogP) is 1.64. The molecule has 8 heteroatoms. The molecule has 1 aliphatic heterocycles. The molecular formula is C15H19N5O2S. The summed E-state index contributed by atoms with van der Waals surface area (Å²) in [5, 5.41) is 14.2. The minimum Gasteiger partial charge on any atom is -0.362 e. The van der Waals surface area contributed by atoms with Crippen molar-refractivity contribution >= 4 is 21.6 Å². The Morgan fingerprint density at radius 2 is 2.04 bits per heavy atom. The molecule has 0 saturated carbocycles. The van der Waals surface area contributed by atoms with Gasteiger partial charge in [0.15, 0.2) is 15.7 Å². The summed E-state index contributed by atoms with van der Waals surface area (Å²) in [4.78, 5) is 4.36. The number of nitrogens with one attached hydrogen (secondary N) is 2. The molecule has 7 nitrogen and oxygen atoms in total. The Morgan fingerprint density at radius 1 is 1.26 bits per heavy atom. The van der Waals surface area contributed by atoms with Gasteiger partial charge >= 0.3 is 0 Å². The van der Waals surface area contributed by atoms with Crippen LogP contribution in [0, 0.1) is 0 Å². The lowest BCUT2D eigenvalue weighted by Gasteiger charge is -2.15. The number of sulfone groups is 1. The lowest BCUT2D eigenvalue weighted by molar-refractivity contribution is 0.602. The van der Waals surface area contributed by atoms with Gasteiger partial charge in [-0.1, -0.05) is 30.3 Å². The van der Waals surface area contributed by atoms with Crippen LogP contribution in [-0.4, -0.2) is 41.1 Å². The fourth-order valence-corrected chi connectivity index (χ4v) is 4.25. The quantitative estimate of drug-likeness (QED) is 0.858. The molecule has 0 bridgehead atoms. The molecule has 122 valence electrons. The van der Waals surface area contributed by atoms with Crippen LogP contribution in [0.5, 0.6) is 0 Å². The summed E-state index contributed by atoms with van der Waals surface area (Å²) in [6.07, 6.45) is 2.12. The van der Waals surface area contributed by atoms with Crippen molar-refractivity contribution in [3.05, 3.63) is 42.1 Å². The number of rotatable bonds is 5. The van der Waals surface area contributed by atoms with Crippen molar-refractivity contribution in [2.45, 2.75) is 25.4 Å². The Kier molecular flexibility index (Phi) is 4.42. The maximum Gasteiger partial charge on any atom is 0.244 e. The van der Waals surface area contributed by atoms with E-state index < -0.39 is 9.84 Å². The van der Waals surface area contributed by atoms with E-state index in [2.05, 4.69) is 25.8 Å². The van der Waals surface area contributed by atoms with E-state index in [-0.39, 0.29) is 23.6 Å². The van der Waals surface area contributed by atoms with Crippen LogP contribution in [0.3, 0.4) is 0 Å². The number of anilines is 2. The molecule has 2 N–H and O–H groups in total. The summed E-state index contributed by atoms with van der Waals surface area (Å²) in [6, 6.07) is 9.94. The molecule has 0 spiro atoms. The van der Waals surface area contributed by atoms with Crippen molar-refractivity contribution in [2.75, 3.05) is 22.1 Å². The van der Waals surface area contributed by atoms with Crippen molar-refractivity contribution in [1.82, 2.24) is 15.2 Å². The van der Waals surface area contributed by atoms with Crippen LogP contribution in [0.25, 0.3) is 0 Å². The highest BCUT2D eigenvalue weighted by molar-refractivity contribution is 7.91. The lowest BCUT2D eigenvalue weighted by atomic mass is 10.1. The lowest BCUT2D eigenvalue weighted by Crippen LogP contribution is -2.22. The largest absolute Gasteiger partial charge is 0.362 e. The molecule has 0 radical (unpaired) electrons. The fraction of sp³-hybridized carbons (Fsp3) is 0.400. The van der Waals surface area contributed by atoms with Gasteiger partial charge in [0.2, 0.25) is 5.95 Å². The molecule has 0 amide bonds. The summed E-state index contributed by atoms with van der Waals surface area (Å²) in [7, 11) is -2.93. The smallest absolute Gasteiger partial charge is 0.244 e. The fourth-order valence-electron chi connectivity index (χ4n) is 2.57. The van der Waals surface area contributed by atoms with E-state index in [1.807, 2.05) is 37.3 Å². The van der Waals surface area contributed by atoms with Crippen LogP contribution >= 0.6 is 0 Å². The van der Waals surface area contributed by atoms with Gasteiger partial charge in [0, 0.05) is 12.1 Å². The minimum atomic E-state index is -2.93. The molecular weight excluding hydrogens is 314 g/mol. The Labute approximate surface area is 135 Å². The predicted molar refractivity (Wildman–Crippen MR) is 89.0 cm³/mol. The summed E-state index contributed by atoms with van der Waals surface area (Å²) in [6.45, 7) is 2.04. The van der Waals surface area contributed by atoms with Gasteiger partial charge in [0.1, 0.15) is 0 Å². The Bertz CT molecular complexity index is 766. The first-order valence-corrected chi connectivity index (χ1v) is 9.32. The first kappa shape index (κ1) is 15.7. The second-order valence-corrected chi connectivity index (χ2v) is 7.91. The standard InChI is InChI=1S/C15H19N5O2S/c1-11(12-5-3-2-4-6-12)17-14-9-16-20-15(19-14)18-13-7-8-23(21,22)10-13/h2-6,9,11,13H,7-8,10H2,1H3,(H2,17,18,19,20). The molecule has 2 heterocycles. The van der Waals surface area contributed by atoms with Gasteiger partial charge in [-0.3, -0.25) is 0 Å². The van der Waals surface area contributed by atoms with E-state index in [4.69, 9.17) is 0 Å². The highest BCUT2D eigenvalue weighted by Crippen LogP contribution is 2.19. The van der Waals surface area contributed by atoms with E-state index in [0.717, 1.165) is 5.56 Å². The Balaban J connectivity index is 1.66. The summed E-state index contributed by atoms with van der Waals surface area (Å²) in [5.74, 6) is 1.27. The third kappa shape index (κ3) is 4.16. The highest BCUT2D eigenvalue weighted by atomic mass is 32.2. The van der Waals surface area contributed by atoms with Crippen LogP contribution in [0.4, 0.5) is 11.8 Å². The van der Waals surface area contributed by atoms with Gasteiger partial charge < -0.3 is 10.6 Å². The SMILES string of the molecule is CC(Nc1cnnc(NC2CCS(=O)(=O)C2)n1)c1ccccc1. The summed E-state index contributed by atoms with van der Waals surface area (Å²) >= 11 is 0. The molecule has 23 heavy (non-hydrogen) atoms. The van der Waals surface area contributed by atoms with Gasteiger partial charge in [-0.15, -0.1) is 5.10 Å². The van der Waals surface area contributed by atoms with Gasteiger partial charge in [-0.25, -0.2) is 8.42 Å². The molecule has 0 aliphatic carbocycles. The number of benzene rings is 1. The van der Waals surface area contributed by atoms with Crippen LogP contribution in [0.2, 0.25) is 0 Å². The molecule has 1 aromatic heterocycles. The molecule has 2 atom stereocenters. The van der Waals surface area contributed by atoms with E-state index in [1.165, 1.54) is 0 Å². The van der Waals surface area contributed by atoms with Gasteiger partial charge in [-0.2, -0.15) is 10.1 Å². The first-order valence-electron chi connectivity index (χ1n) is 7.50. The summed E-state index contributed by atoms with van der Waals surface area (Å²) < 4.78 is 23.0. The zero-order valence-corrected chi connectivity index (χ0v) is 13.6. The highest BCUT2D eigenvalue weighted by Gasteiger charge is 2.28. The van der Waals surface area contributed by atoms with Crippen LogP contribution < -0.4 is 10.6 Å². The molecule has 1 aromatic carbocycles. The average Bonchev–Trinajstić information content (AvgIpc) is 2.87. The zero-order valence-electron chi connectivity index (χ0n) is 12.8. The zero-order chi connectivity index (χ0) is 16.3. The van der Waals surface area contributed by atoms with E-state index in [1.54, 1.807) is 6.20 Å². The maximum atomic E-state index is 11.5. The van der Waals surface area contributed by atoms with Crippen molar-refractivity contribution in [2.24, 2.45) is 0 Å². The normalized spacial score (nSPS) is 20.8. The van der Waals surface area contributed by atoms with E-state index in [0.29, 0.717) is 18.2 Å². The van der Waals surface area contributed by atoms with Crippen molar-refractivity contribution in [3.63, 3.8) is 0 Å². The van der Waals surface area contributed by atoms with Crippen LogP contribution in [-0.2, 0) is 9.84 Å². The van der Waals surface area contributed by atoms with Crippen molar-refractivity contribution in [1.29, 1.82) is 0 Å². The topological polar surface area (TPSA) is 96.9 Å². The molecule has 2 aromatic rings. The van der Waals surface area contributed by atoms with Gasteiger partial charge in [0.05, 0.1) is 17.7 Å². The number of aromatic nitrogens is 3.